The Morgan fingerprint density at radius 1 is 1.05 bits per heavy atom. The van der Waals surface area contributed by atoms with Crippen molar-refractivity contribution in [2.45, 2.75) is 57.4 Å². The number of benzene rings is 1. The zero-order valence-corrected chi connectivity index (χ0v) is 12.8. The van der Waals surface area contributed by atoms with Gasteiger partial charge in [0, 0.05) is 6.04 Å². The molecule has 2 N–H and O–H groups in total. The van der Waals surface area contributed by atoms with Crippen molar-refractivity contribution in [1.29, 1.82) is 0 Å². The molecule has 108 valence electrons. The zero-order chi connectivity index (χ0) is 13.9. The molecule has 1 aromatic rings. The molecule has 4 bridgehead atoms. The van der Waals surface area contributed by atoms with E-state index >= 15 is 0 Å². The largest absolute Gasteiger partial charge is 0.328 e. The van der Waals surface area contributed by atoms with Gasteiger partial charge in [0.15, 0.2) is 0 Å². The van der Waals surface area contributed by atoms with Gasteiger partial charge < -0.3 is 5.73 Å². The van der Waals surface area contributed by atoms with Crippen LogP contribution < -0.4 is 5.73 Å². The lowest BCUT2D eigenvalue weighted by Gasteiger charge is -2.61. The molecular formula is C19H27N. The van der Waals surface area contributed by atoms with Crippen LogP contribution in [0.15, 0.2) is 24.3 Å². The van der Waals surface area contributed by atoms with E-state index < -0.39 is 0 Å². The lowest BCUT2D eigenvalue weighted by Crippen LogP contribution is -2.56. The van der Waals surface area contributed by atoms with Crippen molar-refractivity contribution in [3.63, 3.8) is 0 Å². The van der Waals surface area contributed by atoms with Crippen molar-refractivity contribution >= 4 is 0 Å². The number of hydrogen-bond donors (Lipinski definition) is 1. The molecular weight excluding hydrogens is 242 g/mol. The van der Waals surface area contributed by atoms with E-state index in [0.717, 1.165) is 23.7 Å². The maximum absolute atomic E-state index is 6.32. The van der Waals surface area contributed by atoms with E-state index in [-0.39, 0.29) is 0 Å². The van der Waals surface area contributed by atoms with E-state index in [9.17, 15) is 0 Å². The first-order valence-electron chi connectivity index (χ1n) is 8.40. The highest BCUT2D eigenvalue weighted by molar-refractivity contribution is 5.32. The van der Waals surface area contributed by atoms with Crippen LogP contribution in [0.5, 0.6) is 0 Å². The van der Waals surface area contributed by atoms with Crippen LogP contribution in [0.4, 0.5) is 0 Å². The molecule has 0 radical (unpaired) electrons. The topological polar surface area (TPSA) is 26.0 Å². The molecule has 4 aliphatic rings. The molecule has 4 aliphatic carbocycles. The molecule has 1 heteroatoms. The molecule has 20 heavy (non-hydrogen) atoms. The standard InChI is InChI=1S/C19H27N/c1-12-3-5-17(6-4-12)19-9-14-7-15(10-19)18(13(2)20)16(8-14)11-19/h3-6,13-16,18H,7-11,20H2,1-2H3. The van der Waals surface area contributed by atoms with E-state index in [4.69, 9.17) is 5.73 Å². The van der Waals surface area contributed by atoms with Gasteiger partial charge in [0.2, 0.25) is 0 Å². The average molecular weight is 269 g/mol. The Morgan fingerprint density at radius 2 is 1.65 bits per heavy atom. The Morgan fingerprint density at radius 3 is 2.20 bits per heavy atom. The molecule has 5 rings (SSSR count). The lowest BCUT2D eigenvalue weighted by atomic mass is 9.44. The summed E-state index contributed by atoms with van der Waals surface area (Å²) in [6.07, 6.45) is 7.14. The van der Waals surface area contributed by atoms with E-state index in [1.807, 2.05) is 0 Å². The monoisotopic (exact) mass is 269 g/mol. The van der Waals surface area contributed by atoms with Crippen LogP contribution in [-0.4, -0.2) is 6.04 Å². The molecule has 1 nitrogen and oxygen atoms in total. The summed E-state index contributed by atoms with van der Waals surface area (Å²) in [7, 11) is 0. The van der Waals surface area contributed by atoms with Crippen molar-refractivity contribution < 1.29 is 0 Å². The van der Waals surface area contributed by atoms with E-state index in [2.05, 4.69) is 38.1 Å². The molecule has 3 atom stereocenters. The fourth-order valence-electron chi connectivity index (χ4n) is 6.18. The van der Waals surface area contributed by atoms with Gasteiger partial charge in [0.05, 0.1) is 0 Å². The fourth-order valence-corrected chi connectivity index (χ4v) is 6.18. The van der Waals surface area contributed by atoms with E-state index in [1.54, 1.807) is 5.56 Å². The average Bonchev–Trinajstić information content (AvgIpc) is 2.37. The minimum Gasteiger partial charge on any atom is -0.328 e. The summed E-state index contributed by atoms with van der Waals surface area (Å²) in [6, 6.07) is 9.81. The molecule has 4 fully saturated rings. The summed E-state index contributed by atoms with van der Waals surface area (Å²) >= 11 is 0. The van der Waals surface area contributed by atoms with Gasteiger partial charge in [0.1, 0.15) is 0 Å². The summed E-state index contributed by atoms with van der Waals surface area (Å²) in [5.41, 5.74) is 9.81. The molecule has 0 aromatic heterocycles. The molecule has 0 amide bonds. The van der Waals surface area contributed by atoms with Crippen molar-refractivity contribution in [2.75, 3.05) is 0 Å². The molecule has 1 aromatic carbocycles. The van der Waals surface area contributed by atoms with Crippen LogP contribution >= 0.6 is 0 Å². The smallest absolute Gasteiger partial charge is 0.00440 e. The summed E-state index contributed by atoms with van der Waals surface area (Å²) in [4.78, 5) is 0. The highest BCUT2D eigenvalue weighted by Gasteiger charge is 2.56. The highest BCUT2D eigenvalue weighted by atomic mass is 14.7. The molecule has 0 heterocycles. The third kappa shape index (κ3) is 1.79. The third-order valence-corrected chi connectivity index (χ3v) is 6.62. The van der Waals surface area contributed by atoms with Crippen LogP contribution in [0.25, 0.3) is 0 Å². The quantitative estimate of drug-likeness (QED) is 0.861. The number of hydrogen-bond acceptors (Lipinski definition) is 1. The second kappa shape index (κ2) is 4.34. The van der Waals surface area contributed by atoms with Crippen LogP contribution in [0, 0.1) is 30.6 Å². The summed E-state index contributed by atoms with van der Waals surface area (Å²) in [5.74, 6) is 3.55. The van der Waals surface area contributed by atoms with Gasteiger partial charge in [-0.2, -0.15) is 0 Å². The van der Waals surface area contributed by atoms with E-state index in [0.29, 0.717) is 11.5 Å². The maximum Gasteiger partial charge on any atom is 0.00440 e. The molecule has 0 saturated heterocycles. The number of aryl methyl sites for hydroxylation is 1. The Kier molecular flexibility index (Phi) is 2.79. The second-order valence-electron chi connectivity index (χ2n) is 8.05. The Hall–Kier alpha value is -0.820. The molecule has 3 unspecified atom stereocenters. The summed E-state index contributed by atoms with van der Waals surface area (Å²) in [6.45, 7) is 4.43. The van der Waals surface area contributed by atoms with Crippen LogP contribution in [-0.2, 0) is 5.41 Å². The van der Waals surface area contributed by atoms with Gasteiger partial charge in [-0.15, -0.1) is 0 Å². The van der Waals surface area contributed by atoms with Gasteiger partial charge >= 0.3 is 0 Å². The Labute approximate surface area is 122 Å². The number of nitrogens with two attached hydrogens (primary N) is 1. The van der Waals surface area contributed by atoms with Crippen LogP contribution in [0.3, 0.4) is 0 Å². The summed E-state index contributed by atoms with van der Waals surface area (Å²) in [5, 5.41) is 0. The van der Waals surface area contributed by atoms with Crippen molar-refractivity contribution in [1.82, 2.24) is 0 Å². The fraction of sp³-hybridized carbons (Fsp3) is 0.684. The van der Waals surface area contributed by atoms with Crippen molar-refractivity contribution in [3.05, 3.63) is 35.4 Å². The summed E-state index contributed by atoms with van der Waals surface area (Å²) < 4.78 is 0. The number of rotatable bonds is 2. The van der Waals surface area contributed by atoms with Gasteiger partial charge in [-0.1, -0.05) is 29.8 Å². The van der Waals surface area contributed by atoms with Crippen LogP contribution in [0.2, 0.25) is 0 Å². The van der Waals surface area contributed by atoms with Gasteiger partial charge in [0.25, 0.3) is 0 Å². The van der Waals surface area contributed by atoms with Gasteiger partial charge in [-0.25, -0.2) is 0 Å². The molecule has 0 spiro atoms. The third-order valence-electron chi connectivity index (χ3n) is 6.62. The van der Waals surface area contributed by atoms with Crippen LogP contribution in [0.1, 0.15) is 50.2 Å². The molecule has 4 saturated carbocycles. The zero-order valence-electron chi connectivity index (χ0n) is 12.8. The maximum atomic E-state index is 6.32. The van der Waals surface area contributed by atoms with Crippen molar-refractivity contribution in [3.8, 4) is 0 Å². The van der Waals surface area contributed by atoms with E-state index in [1.165, 1.54) is 37.7 Å². The predicted octanol–water partition coefficient (Wildman–Crippen LogP) is 4.04. The minimum atomic E-state index is 0.389. The normalized spacial score (nSPS) is 43.8. The van der Waals surface area contributed by atoms with Gasteiger partial charge in [-0.3, -0.25) is 0 Å². The lowest BCUT2D eigenvalue weighted by molar-refractivity contribution is -0.0631. The SMILES string of the molecule is Cc1ccc(C23CC4CC(C2)C(C(C)N)C(C4)C3)cc1. The predicted molar refractivity (Wildman–Crippen MR) is 83.6 cm³/mol. The Balaban J connectivity index is 1.70. The Bertz CT molecular complexity index is 485. The first kappa shape index (κ1) is 12.9. The second-order valence-corrected chi connectivity index (χ2v) is 8.05. The van der Waals surface area contributed by atoms with Crippen molar-refractivity contribution in [2.24, 2.45) is 29.4 Å². The minimum absolute atomic E-state index is 0.389. The van der Waals surface area contributed by atoms with Gasteiger partial charge in [-0.05, 0) is 80.6 Å². The molecule has 0 aliphatic heterocycles. The first-order chi connectivity index (χ1) is 9.57. The first-order valence-corrected chi connectivity index (χ1v) is 8.40. The highest BCUT2D eigenvalue weighted by Crippen LogP contribution is 2.63.